The Balaban J connectivity index is 1.58. The van der Waals surface area contributed by atoms with Gasteiger partial charge in [-0.25, -0.2) is 4.98 Å². The molecule has 158 valence electrons. The summed E-state index contributed by atoms with van der Waals surface area (Å²) in [5.74, 6) is -0.00695. The third-order valence-electron chi connectivity index (χ3n) is 6.32. The van der Waals surface area contributed by atoms with E-state index in [1.807, 2.05) is 37.3 Å². The van der Waals surface area contributed by atoms with Gasteiger partial charge in [-0.1, -0.05) is 30.7 Å². The molecular formula is C23H27ClN4O2. The minimum absolute atomic E-state index is 0.314. The Kier molecular flexibility index (Phi) is 5.45. The molecule has 0 spiro atoms. The Hall–Kier alpha value is -2.60. The lowest BCUT2D eigenvalue weighted by Crippen LogP contribution is -2.55. The van der Waals surface area contributed by atoms with Crippen molar-refractivity contribution in [2.45, 2.75) is 51.0 Å². The van der Waals surface area contributed by atoms with Crippen molar-refractivity contribution in [3.63, 3.8) is 0 Å². The Bertz CT molecular complexity index is 991. The van der Waals surface area contributed by atoms with Gasteiger partial charge in [-0.2, -0.15) is 0 Å². The Morgan fingerprint density at radius 2 is 2.03 bits per heavy atom. The van der Waals surface area contributed by atoms with Gasteiger partial charge in [-0.15, -0.1) is 0 Å². The van der Waals surface area contributed by atoms with Gasteiger partial charge in [0, 0.05) is 11.6 Å². The molecule has 1 aliphatic heterocycles. The van der Waals surface area contributed by atoms with Gasteiger partial charge in [-0.05, 0) is 73.8 Å². The molecule has 4 rings (SSSR count). The zero-order chi connectivity index (χ0) is 21.5. The van der Waals surface area contributed by atoms with Crippen LogP contribution in [0.15, 0.2) is 36.5 Å². The van der Waals surface area contributed by atoms with Crippen molar-refractivity contribution in [3.8, 4) is 0 Å². The Morgan fingerprint density at radius 1 is 1.27 bits per heavy atom. The molecule has 3 N–H and O–H groups in total. The van der Waals surface area contributed by atoms with Gasteiger partial charge >= 0.3 is 11.8 Å². The third kappa shape index (κ3) is 4.01. The van der Waals surface area contributed by atoms with Gasteiger partial charge < -0.3 is 16.0 Å². The predicted octanol–water partition coefficient (Wildman–Crippen LogP) is 4.31. The Labute approximate surface area is 181 Å². The number of hydrogen-bond acceptors (Lipinski definition) is 4. The lowest BCUT2D eigenvalue weighted by atomic mass is 9.79. The minimum Gasteiger partial charge on any atom is -0.383 e. The minimum atomic E-state index is -0.661. The van der Waals surface area contributed by atoms with Gasteiger partial charge in [0.25, 0.3) is 0 Å². The first-order valence-electron chi connectivity index (χ1n) is 10.4. The molecule has 7 heteroatoms. The summed E-state index contributed by atoms with van der Waals surface area (Å²) >= 11 is 6.21. The molecule has 2 fully saturated rings. The number of rotatable bonds is 3. The van der Waals surface area contributed by atoms with Crippen LogP contribution >= 0.6 is 11.6 Å². The first-order valence-corrected chi connectivity index (χ1v) is 10.8. The van der Waals surface area contributed by atoms with Gasteiger partial charge in [0.2, 0.25) is 0 Å². The largest absolute Gasteiger partial charge is 0.383 e. The van der Waals surface area contributed by atoms with Crippen LogP contribution < -0.4 is 11.1 Å². The third-order valence-corrected chi connectivity index (χ3v) is 6.56. The number of benzene rings is 1. The van der Waals surface area contributed by atoms with Crippen LogP contribution in [0.3, 0.4) is 0 Å². The van der Waals surface area contributed by atoms with E-state index in [0.717, 1.165) is 36.8 Å². The standard InChI is InChI=1S/C23H27ClN4O2/c1-14-8-9-23(2,16-4-3-5-17(24)10-16)28(13-14)22(30)21(29)27-18-11-19(15-6-7-15)20(25)26-12-18/h3-5,10-12,14-15H,6-9,13H2,1-2H3,(H2,25,26)(H,27,29)/t14-,23-/m0/s1. The highest BCUT2D eigenvalue weighted by Crippen LogP contribution is 2.43. The van der Waals surface area contributed by atoms with E-state index in [1.54, 1.807) is 4.90 Å². The predicted molar refractivity (Wildman–Crippen MR) is 118 cm³/mol. The molecule has 1 saturated heterocycles. The number of piperidine rings is 1. The molecule has 2 aliphatic rings. The van der Waals surface area contributed by atoms with E-state index in [4.69, 9.17) is 17.3 Å². The number of nitrogens with zero attached hydrogens (tertiary/aromatic N) is 2. The normalized spacial score (nSPS) is 23.8. The number of likely N-dealkylation sites (tertiary alicyclic amines) is 1. The average molecular weight is 427 g/mol. The quantitative estimate of drug-likeness (QED) is 0.716. The first-order chi connectivity index (χ1) is 14.3. The number of nitrogens with two attached hydrogens (primary N) is 1. The fourth-order valence-corrected chi connectivity index (χ4v) is 4.48. The number of halogens is 1. The average Bonchev–Trinajstić information content (AvgIpc) is 3.56. The van der Waals surface area contributed by atoms with E-state index in [2.05, 4.69) is 17.2 Å². The van der Waals surface area contributed by atoms with E-state index in [0.29, 0.717) is 34.9 Å². The van der Waals surface area contributed by atoms with Gasteiger partial charge in [0.15, 0.2) is 0 Å². The van der Waals surface area contributed by atoms with Gasteiger partial charge in [0.05, 0.1) is 17.4 Å². The number of aromatic nitrogens is 1. The van der Waals surface area contributed by atoms with Crippen molar-refractivity contribution < 1.29 is 9.59 Å². The van der Waals surface area contributed by atoms with Gasteiger partial charge in [-0.3, -0.25) is 9.59 Å². The number of carbonyl (C=O) groups excluding carboxylic acids is 2. The van der Waals surface area contributed by atoms with E-state index in [-0.39, 0.29) is 0 Å². The molecule has 0 bridgehead atoms. The van der Waals surface area contributed by atoms with Crippen LogP contribution in [-0.2, 0) is 15.1 Å². The second kappa shape index (κ2) is 7.91. The second-order valence-electron chi connectivity index (χ2n) is 8.77. The molecule has 1 aromatic carbocycles. The highest BCUT2D eigenvalue weighted by molar-refractivity contribution is 6.39. The van der Waals surface area contributed by atoms with E-state index >= 15 is 0 Å². The summed E-state index contributed by atoms with van der Waals surface area (Å²) in [7, 11) is 0. The lowest BCUT2D eigenvalue weighted by Gasteiger charge is -2.47. The van der Waals surface area contributed by atoms with Crippen LogP contribution in [0, 0.1) is 5.92 Å². The number of carbonyl (C=O) groups is 2. The zero-order valence-corrected chi connectivity index (χ0v) is 18.1. The first kappa shape index (κ1) is 20.7. The number of nitrogen functional groups attached to an aromatic ring is 1. The van der Waals surface area contributed by atoms with Crippen LogP contribution in [-0.4, -0.2) is 28.2 Å². The van der Waals surface area contributed by atoms with Crippen LogP contribution in [0.5, 0.6) is 0 Å². The summed E-state index contributed by atoms with van der Waals surface area (Å²) in [6, 6.07) is 9.36. The molecule has 0 unspecified atom stereocenters. The molecule has 6 nitrogen and oxygen atoms in total. The van der Waals surface area contributed by atoms with Crippen molar-refractivity contribution in [1.82, 2.24) is 9.88 Å². The molecule has 0 radical (unpaired) electrons. The number of hydrogen-bond donors (Lipinski definition) is 2. The highest BCUT2D eigenvalue weighted by atomic mass is 35.5. The SMILES string of the molecule is C[C@H]1CC[C@@](C)(c2cccc(Cl)c2)N(C(=O)C(=O)Nc2cnc(N)c(C3CC3)c2)C1. The summed E-state index contributed by atoms with van der Waals surface area (Å²) in [5.41, 5.74) is 7.74. The molecule has 1 aromatic heterocycles. The lowest BCUT2D eigenvalue weighted by molar-refractivity contribution is -0.150. The molecule has 30 heavy (non-hydrogen) atoms. The molecule has 1 saturated carbocycles. The number of nitrogens with one attached hydrogen (secondary N) is 1. The van der Waals surface area contributed by atoms with Crippen molar-refractivity contribution in [2.24, 2.45) is 5.92 Å². The summed E-state index contributed by atoms with van der Waals surface area (Å²) in [6.07, 6.45) is 5.39. The zero-order valence-electron chi connectivity index (χ0n) is 17.3. The molecule has 1 aliphatic carbocycles. The van der Waals surface area contributed by atoms with E-state index in [9.17, 15) is 9.59 Å². The number of anilines is 2. The molecular weight excluding hydrogens is 400 g/mol. The maximum Gasteiger partial charge on any atom is 0.313 e. The van der Waals surface area contributed by atoms with Crippen molar-refractivity contribution in [1.29, 1.82) is 0 Å². The monoisotopic (exact) mass is 426 g/mol. The van der Waals surface area contributed by atoms with E-state index in [1.165, 1.54) is 6.20 Å². The van der Waals surface area contributed by atoms with Crippen molar-refractivity contribution in [2.75, 3.05) is 17.6 Å². The Morgan fingerprint density at radius 3 is 2.73 bits per heavy atom. The fraction of sp³-hybridized carbons (Fsp3) is 0.435. The highest BCUT2D eigenvalue weighted by Gasteiger charge is 2.43. The van der Waals surface area contributed by atoms with Crippen molar-refractivity contribution in [3.05, 3.63) is 52.7 Å². The molecule has 2 atom stereocenters. The van der Waals surface area contributed by atoms with E-state index < -0.39 is 17.4 Å². The van der Waals surface area contributed by atoms with Crippen LogP contribution in [0.4, 0.5) is 11.5 Å². The summed E-state index contributed by atoms with van der Waals surface area (Å²) in [4.78, 5) is 32.0. The number of pyridine rings is 1. The van der Waals surface area contributed by atoms with Crippen molar-refractivity contribution >= 4 is 34.9 Å². The smallest absolute Gasteiger partial charge is 0.313 e. The van der Waals surface area contributed by atoms with Crippen LogP contribution in [0.2, 0.25) is 5.02 Å². The maximum absolute atomic E-state index is 13.3. The summed E-state index contributed by atoms with van der Waals surface area (Å²) < 4.78 is 0. The molecule has 2 heterocycles. The van der Waals surface area contributed by atoms with Gasteiger partial charge in [0.1, 0.15) is 5.82 Å². The topological polar surface area (TPSA) is 88.3 Å². The second-order valence-corrected chi connectivity index (χ2v) is 9.21. The summed E-state index contributed by atoms with van der Waals surface area (Å²) in [5, 5.41) is 3.35. The van der Waals surface area contributed by atoms with Crippen LogP contribution in [0.1, 0.15) is 56.6 Å². The summed E-state index contributed by atoms with van der Waals surface area (Å²) in [6.45, 7) is 4.62. The molecule has 2 amide bonds. The maximum atomic E-state index is 13.3. The number of amides is 2. The molecule has 2 aromatic rings. The fourth-order valence-electron chi connectivity index (χ4n) is 4.29. The van der Waals surface area contributed by atoms with Crippen LogP contribution in [0.25, 0.3) is 0 Å².